The zero-order valence-corrected chi connectivity index (χ0v) is 40.4. The number of rotatable bonds is 47. The number of carbonyl (C=O) groups excluding carboxylic acids is 3. The predicted octanol–water partition coefficient (Wildman–Crippen LogP) is 17.1. The van der Waals surface area contributed by atoms with Gasteiger partial charge in [-0.2, -0.15) is 0 Å². The molecule has 6 nitrogen and oxygen atoms in total. The average molecular weight is 855 g/mol. The summed E-state index contributed by atoms with van der Waals surface area (Å²) >= 11 is 0. The van der Waals surface area contributed by atoms with Crippen molar-refractivity contribution in [2.75, 3.05) is 13.2 Å². The highest BCUT2D eigenvalue weighted by Gasteiger charge is 2.19. The van der Waals surface area contributed by atoms with Crippen LogP contribution in [0.4, 0.5) is 0 Å². The minimum atomic E-state index is -0.791. The molecule has 354 valence electrons. The molecule has 0 spiro atoms. The molecule has 0 aliphatic heterocycles. The smallest absolute Gasteiger partial charge is 0.306 e. The van der Waals surface area contributed by atoms with Gasteiger partial charge in [0.25, 0.3) is 0 Å². The lowest BCUT2D eigenvalue weighted by Gasteiger charge is -2.18. The van der Waals surface area contributed by atoms with Gasteiger partial charge in [0.15, 0.2) is 6.10 Å². The Morgan fingerprint density at radius 1 is 0.328 bits per heavy atom. The van der Waals surface area contributed by atoms with Crippen LogP contribution < -0.4 is 0 Å². The second-order valence-electron chi connectivity index (χ2n) is 17.4. The van der Waals surface area contributed by atoms with Gasteiger partial charge in [0, 0.05) is 19.3 Å². The molecular formula is C55H98O6. The van der Waals surface area contributed by atoms with Crippen molar-refractivity contribution in [2.24, 2.45) is 0 Å². The van der Waals surface area contributed by atoms with E-state index in [0.29, 0.717) is 25.7 Å². The minimum Gasteiger partial charge on any atom is -0.462 e. The SMILES string of the molecule is CCCCCC/C=C\CCCCCCCCCC(=O)O[C@H](COC(=O)CCC/C=C\C/C=C\C/C=C\CCCCCCCC)COC(=O)CCCCCCCCCCCCC. The van der Waals surface area contributed by atoms with E-state index in [9.17, 15) is 14.4 Å². The zero-order valence-electron chi connectivity index (χ0n) is 40.4. The van der Waals surface area contributed by atoms with Gasteiger partial charge in [-0.1, -0.05) is 217 Å². The molecule has 0 N–H and O–H groups in total. The van der Waals surface area contributed by atoms with Crippen molar-refractivity contribution in [3.05, 3.63) is 48.6 Å². The Labute approximate surface area is 378 Å². The van der Waals surface area contributed by atoms with Crippen LogP contribution in [-0.4, -0.2) is 37.2 Å². The molecule has 61 heavy (non-hydrogen) atoms. The number of hydrogen-bond donors (Lipinski definition) is 0. The molecule has 1 atom stereocenters. The molecule has 0 rings (SSSR count). The van der Waals surface area contributed by atoms with Gasteiger partial charge in [-0.05, 0) is 77.0 Å². The largest absolute Gasteiger partial charge is 0.462 e. The molecule has 0 unspecified atom stereocenters. The summed E-state index contributed by atoms with van der Waals surface area (Å²) in [6.07, 6.45) is 59.5. The van der Waals surface area contributed by atoms with E-state index in [4.69, 9.17) is 14.2 Å². The third kappa shape index (κ3) is 48.3. The Balaban J connectivity index is 4.43. The molecular weight excluding hydrogens is 757 g/mol. The lowest BCUT2D eigenvalue weighted by Crippen LogP contribution is -2.30. The Bertz CT molecular complexity index is 1070. The summed E-state index contributed by atoms with van der Waals surface area (Å²) in [6, 6.07) is 0. The van der Waals surface area contributed by atoms with Crippen molar-refractivity contribution in [3.63, 3.8) is 0 Å². The van der Waals surface area contributed by atoms with E-state index in [-0.39, 0.29) is 31.1 Å². The van der Waals surface area contributed by atoms with E-state index < -0.39 is 6.10 Å². The van der Waals surface area contributed by atoms with E-state index in [1.165, 1.54) is 161 Å². The van der Waals surface area contributed by atoms with Gasteiger partial charge in [-0.25, -0.2) is 0 Å². The first-order chi connectivity index (χ1) is 30.0. The van der Waals surface area contributed by atoms with Gasteiger partial charge in [-0.3, -0.25) is 14.4 Å². The molecule has 0 aromatic carbocycles. The Morgan fingerprint density at radius 2 is 0.607 bits per heavy atom. The van der Waals surface area contributed by atoms with Gasteiger partial charge < -0.3 is 14.2 Å². The third-order valence-electron chi connectivity index (χ3n) is 11.3. The van der Waals surface area contributed by atoms with Crippen LogP contribution in [0, 0.1) is 0 Å². The molecule has 0 aromatic rings. The fourth-order valence-electron chi connectivity index (χ4n) is 7.34. The van der Waals surface area contributed by atoms with E-state index in [1.807, 2.05) is 0 Å². The predicted molar refractivity (Wildman–Crippen MR) is 261 cm³/mol. The normalized spacial score (nSPS) is 12.4. The van der Waals surface area contributed by atoms with Crippen molar-refractivity contribution >= 4 is 17.9 Å². The summed E-state index contributed by atoms with van der Waals surface area (Å²) in [4.78, 5) is 37.9. The molecule has 0 saturated heterocycles. The number of esters is 3. The number of hydrogen-bond acceptors (Lipinski definition) is 6. The van der Waals surface area contributed by atoms with E-state index in [1.54, 1.807) is 0 Å². The maximum absolute atomic E-state index is 12.8. The lowest BCUT2D eigenvalue weighted by atomic mass is 10.1. The molecule has 0 amide bonds. The Hall–Kier alpha value is -2.63. The van der Waals surface area contributed by atoms with Crippen LogP contribution in [0.25, 0.3) is 0 Å². The van der Waals surface area contributed by atoms with Gasteiger partial charge in [0.05, 0.1) is 0 Å². The molecule has 6 heteroatoms. The summed E-state index contributed by atoms with van der Waals surface area (Å²) in [5, 5.41) is 0. The molecule has 0 aliphatic carbocycles. The summed E-state index contributed by atoms with van der Waals surface area (Å²) in [7, 11) is 0. The second kappa shape index (κ2) is 50.0. The van der Waals surface area contributed by atoms with Crippen LogP contribution in [0.5, 0.6) is 0 Å². The monoisotopic (exact) mass is 855 g/mol. The summed E-state index contributed by atoms with van der Waals surface area (Å²) in [6.45, 7) is 6.58. The fraction of sp³-hybridized carbons (Fsp3) is 0.800. The summed E-state index contributed by atoms with van der Waals surface area (Å²) < 4.78 is 16.7. The lowest BCUT2D eigenvalue weighted by molar-refractivity contribution is -0.167. The molecule has 0 fully saturated rings. The first-order valence-corrected chi connectivity index (χ1v) is 26.1. The fourth-order valence-corrected chi connectivity index (χ4v) is 7.34. The van der Waals surface area contributed by atoms with E-state index >= 15 is 0 Å². The van der Waals surface area contributed by atoms with Gasteiger partial charge in [0.1, 0.15) is 13.2 Å². The number of allylic oxidation sites excluding steroid dienone is 8. The second-order valence-corrected chi connectivity index (χ2v) is 17.4. The molecule has 0 aliphatic rings. The first kappa shape index (κ1) is 58.4. The Morgan fingerprint density at radius 3 is 1.02 bits per heavy atom. The quantitative estimate of drug-likeness (QED) is 0.0263. The van der Waals surface area contributed by atoms with Crippen LogP contribution in [0.3, 0.4) is 0 Å². The van der Waals surface area contributed by atoms with Gasteiger partial charge >= 0.3 is 17.9 Å². The topological polar surface area (TPSA) is 78.9 Å². The molecule has 0 bridgehead atoms. The standard InChI is InChI=1S/C55H98O6/c1-4-7-10-13-16-19-22-24-26-27-29-30-33-36-39-42-45-48-54(57)60-51-52(50-59-53(56)47-44-41-38-35-32-21-18-15-12-9-6-3)61-55(58)49-46-43-40-37-34-31-28-25-23-20-17-14-11-8-5-2/h20,23-24,26,29-30,36,39,52H,4-19,21-22,25,27-28,31-35,37-38,40-51H2,1-3H3/b23-20-,26-24-,30-29-,39-36-/t52-/m0/s1. The summed E-state index contributed by atoms with van der Waals surface area (Å²) in [5.41, 5.74) is 0. The highest BCUT2D eigenvalue weighted by Crippen LogP contribution is 2.15. The molecule has 0 saturated carbocycles. The average Bonchev–Trinajstić information content (AvgIpc) is 3.26. The van der Waals surface area contributed by atoms with Crippen LogP contribution in [0.15, 0.2) is 48.6 Å². The number of unbranched alkanes of at least 4 members (excludes halogenated alkanes) is 28. The van der Waals surface area contributed by atoms with Crippen LogP contribution in [-0.2, 0) is 28.6 Å². The first-order valence-electron chi connectivity index (χ1n) is 26.1. The van der Waals surface area contributed by atoms with Crippen LogP contribution in [0.1, 0.15) is 265 Å². The Kier molecular flexibility index (Phi) is 47.9. The third-order valence-corrected chi connectivity index (χ3v) is 11.3. The molecule has 0 heterocycles. The number of ether oxygens (including phenoxy) is 3. The number of carbonyl (C=O) groups is 3. The van der Waals surface area contributed by atoms with E-state index in [0.717, 1.165) is 57.8 Å². The highest BCUT2D eigenvalue weighted by atomic mass is 16.6. The van der Waals surface area contributed by atoms with Crippen molar-refractivity contribution < 1.29 is 28.6 Å². The van der Waals surface area contributed by atoms with Crippen LogP contribution in [0.2, 0.25) is 0 Å². The van der Waals surface area contributed by atoms with Crippen molar-refractivity contribution in [3.8, 4) is 0 Å². The summed E-state index contributed by atoms with van der Waals surface area (Å²) in [5.74, 6) is -0.941. The molecule has 0 radical (unpaired) electrons. The van der Waals surface area contributed by atoms with Crippen molar-refractivity contribution in [1.82, 2.24) is 0 Å². The highest BCUT2D eigenvalue weighted by molar-refractivity contribution is 5.71. The maximum Gasteiger partial charge on any atom is 0.306 e. The molecule has 0 aromatic heterocycles. The van der Waals surface area contributed by atoms with Crippen molar-refractivity contribution in [2.45, 2.75) is 271 Å². The maximum atomic E-state index is 12.8. The van der Waals surface area contributed by atoms with Crippen molar-refractivity contribution in [1.29, 1.82) is 0 Å². The van der Waals surface area contributed by atoms with Gasteiger partial charge in [0.2, 0.25) is 0 Å². The van der Waals surface area contributed by atoms with Crippen LogP contribution >= 0.6 is 0 Å². The van der Waals surface area contributed by atoms with Gasteiger partial charge in [-0.15, -0.1) is 0 Å². The van der Waals surface area contributed by atoms with E-state index in [2.05, 4.69) is 69.4 Å². The minimum absolute atomic E-state index is 0.0882. The zero-order chi connectivity index (χ0) is 44.4.